The van der Waals surface area contributed by atoms with E-state index in [2.05, 4.69) is 0 Å². The molecule has 0 aliphatic carbocycles. The van der Waals surface area contributed by atoms with E-state index in [0.717, 1.165) is 0 Å². The molecule has 7 N–H and O–H groups in total. The van der Waals surface area contributed by atoms with Crippen LogP contribution in [0.2, 0.25) is 0 Å². The van der Waals surface area contributed by atoms with Crippen LogP contribution < -0.4 is 5.73 Å². The van der Waals surface area contributed by atoms with Crippen molar-refractivity contribution in [1.29, 1.82) is 0 Å². The summed E-state index contributed by atoms with van der Waals surface area (Å²) in [5, 5.41) is 45.1. The van der Waals surface area contributed by atoms with Crippen molar-refractivity contribution < 1.29 is 34.8 Å². The van der Waals surface area contributed by atoms with Crippen LogP contribution in [0.1, 0.15) is 6.92 Å². The number of aliphatic carboxylic acids is 1. The lowest BCUT2D eigenvalue weighted by atomic mass is 9.97. The van der Waals surface area contributed by atoms with Gasteiger partial charge < -0.3 is 10.2 Å². The third-order valence-corrected chi connectivity index (χ3v) is 2.64. The Bertz CT molecular complexity index is 270. The highest BCUT2D eigenvalue weighted by Gasteiger charge is 2.47. The number of nitrogens with two attached hydrogens (primary N) is 1. The summed E-state index contributed by atoms with van der Waals surface area (Å²) in [6, 6.07) is 0. The number of aliphatic hydroxyl groups is 4. The van der Waals surface area contributed by atoms with Gasteiger partial charge in [-0.25, -0.2) is 9.28 Å². The van der Waals surface area contributed by atoms with Gasteiger partial charge in [-0.1, -0.05) is 6.92 Å². The minimum absolute atomic E-state index is 0.261. The maximum absolute atomic E-state index is 10.6. The van der Waals surface area contributed by atoms with Crippen molar-refractivity contribution in [3.8, 4) is 0 Å². The summed E-state index contributed by atoms with van der Waals surface area (Å²) in [6.45, 7) is 1.06. The van der Waals surface area contributed by atoms with E-state index in [0.29, 0.717) is 0 Å². The second kappa shape index (κ2) is 4.24. The number of hydrogen-bond acceptors (Lipinski definition) is 6. The van der Waals surface area contributed by atoms with Gasteiger partial charge in [0, 0.05) is 0 Å². The smallest absolute Gasteiger partial charge is 0.441 e. The SMILES string of the molecule is CC(C[N+](C)(C)C(O)(O)O)C(N)(O)C(=O)O. The topological polar surface area (TPSA) is 144 Å². The monoisotopic (exact) mass is 239 g/mol. The molecule has 0 rings (SSSR count). The number of carboxylic acids is 1. The third-order valence-electron chi connectivity index (χ3n) is 2.64. The highest BCUT2D eigenvalue weighted by molar-refractivity contribution is 5.76. The van der Waals surface area contributed by atoms with E-state index in [9.17, 15) is 9.90 Å². The van der Waals surface area contributed by atoms with Crippen LogP contribution in [0.5, 0.6) is 0 Å². The molecule has 16 heavy (non-hydrogen) atoms. The van der Waals surface area contributed by atoms with Crippen molar-refractivity contribution in [3.63, 3.8) is 0 Å². The van der Waals surface area contributed by atoms with Crippen molar-refractivity contribution in [2.75, 3.05) is 20.6 Å². The Kier molecular flexibility index (Phi) is 4.04. The van der Waals surface area contributed by atoms with Crippen molar-refractivity contribution in [3.05, 3.63) is 0 Å². The first-order valence-corrected chi connectivity index (χ1v) is 4.57. The summed E-state index contributed by atoms with van der Waals surface area (Å²) >= 11 is 0. The van der Waals surface area contributed by atoms with E-state index >= 15 is 0 Å². The first-order chi connectivity index (χ1) is 6.82. The molecule has 0 aliphatic heterocycles. The van der Waals surface area contributed by atoms with Crippen LogP contribution in [0, 0.1) is 5.92 Å². The van der Waals surface area contributed by atoms with Gasteiger partial charge in [0.05, 0.1) is 26.6 Å². The largest absolute Gasteiger partial charge is 0.478 e. The summed E-state index contributed by atoms with van der Waals surface area (Å²) in [5.41, 5.74) is 2.66. The van der Waals surface area contributed by atoms with Crippen LogP contribution in [0.4, 0.5) is 0 Å². The van der Waals surface area contributed by atoms with Gasteiger partial charge in [0.2, 0.25) is 5.72 Å². The maximum Gasteiger partial charge on any atom is 0.441 e. The van der Waals surface area contributed by atoms with Gasteiger partial charge in [0.1, 0.15) is 0 Å². The maximum atomic E-state index is 10.6. The zero-order valence-electron chi connectivity index (χ0n) is 9.45. The van der Waals surface area contributed by atoms with Crippen LogP contribution in [-0.4, -0.2) is 68.4 Å². The first-order valence-electron chi connectivity index (χ1n) is 4.57. The molecule has 8 nitrogen and oxygen atoms in total. The van der Waals surface area contributed by atoms with E-state index in [1.807, 2.05) is 0 Å². The van der Waals surface area contributed by atoms with Crippen LogP contribution in [0.3, 0.4) is 0 Å². The highest BCUT2D eigenvalue weighted by atomic mass is 16.7. The highest BCUT2D eigenvalue weighted by Crippen LogP contribution is 2.20. The normalized spacial score (nSPS) is 19.0. The zero-order valence-corrected chi connectivity index (χ0v) is 9.45. The fraction of sp³-hybridized carbons (Fsp3) is 0.875. The van der Waals surface area contributed by atoms with Gasteiger partial charge in [-0.15, -0.1) is 0 Å². The molecule has 0 amide bonds. The number of quaternary nitrogens is 1. The van der Waals surface area contributed by atoms with Crippen LogP contribution in [0.15, 0.2) is 0 Å². The molecule has 0 aromatic heterocycles. The molecular weight excluding hydrogens is 220 g/mol. The molecule has 0 saturated heterocycles. The molecule has 0 aromatic carbocycles. The molecule has 0 bridgehead atoms. The van der Waals surface area contributed by atoms with Gasteiger partial charge in [-0.3, -0.25) is 21.1 Å². The van der Waals surface area contributed by atoms with E-state index in [1.54, 1.807) is 0 Å². The summed E-state index contributed by atoms with van der Waals surface area (Å²) in [7, 11) is 2.49. The molecular formula is C8H19N2O6+. The van der Waals surface area contributed by atoms with Crippen molar-refractivity contribution in [2.24, 2.45) is 11.7 Å². The average molecular weight is 239 g/mol. The quantitative estimate of drug-likeness (QED) is 0.222. The molecule has 0 aliphatic rings. The lowest BCUT2D eigenvalue weighted by molar-refractivity contribution is -1.03. The number of carbonyl (C=O) groups is 1. The molecule has 0 saturated carbocycles. The molecule has 2 unspecified atom stereocenters. The van der Waals surface area contributed by atoms with Gasteiger partial charge in [0.15, 0.2) is 0 Å². The Morgan fingerprint density at radius 3 is 1.94 bits per heavy atom. The Morgan fingerprint density at radius 1 is 1.31 bits per heavy atom. The number of hydrogen-bond donors (Lipinski definition) is 6. The van der Waals surface area contributed by atoms with Crippen LogP contribution in [0.25, 0.3) is 0 Å². The van der Waals surface area contributed by atoms with Crippen molar-refractivity contribution in [1.82, 2.24) is 0 Å². The summed E-state index contributed by atoms with van der Waals surface area (Å²) in [4.78, 5) is 10.6. The van der Waals surface area contributed by atoms with E-state index < -0.39 is 28.2 Å². The van der Waals surface area contributed by atoms with Crippen molar-refractivity contribution >= 4 is 5.97 Å². The Hall–Kier alpha value is -0.770. The third kappa shape index (κ3) is 3.11. The lowest BCUT2D eigenvalue weighted by Gasteiger charge is -2.39. The molecule has 0 heterocycles. The predicted octanol–water partition coefficient (Wildman–Crippen LogP) is -2.98. The summed E-state index contributed by atoms with van der Waals surface area (Å²) < 4.78 is -0.749. The van der Waals surface area contributed by atoms with Gasteiger partial charge >= 0.3 is 12.1 Å². The number of nitrogens with zero attached hydrogens (tertiary/aromatic N) is 1. The molecule has 96 valence electrons. The van der Waals surface area contributed by atoms with Gasteiger partial charge in [-0.05, 0) is 0 Å². The average Bonchev–Trinajstić information content (AvgIpc) is 2.00. The molecule has 0 radical (unpaired) electrons. The fourth-order valence-electron chi connectivity index (χ4n) is 1.16. The summed E-state index contributed by atoms with van der Waals surface area (Å²) in [5.74, 6) is -2.63. The van der Waals surface area contributed by atoms with Gasteiger partial charge in [-0.2, -0.15) is 0 Å². The Balaban J connectivity index is 4.82. The standard InChI is InChI=1S/C8H18N2O6/c1-5(7(9,13)6(11)12)4-10(2,3)8(14,15)16/h5,13-16H,4,9H2,1-3H3/p+1. The van der Waals surface area contributed by atoms with Crippen molar-refractivity contribution in [2.45, 2.75) is 18.7 Å². The van der Waals surface area contributed by atoms with Gasteiger partial charge in [0.25, 0.3) is 0 Å². The molecule has 8 heteroatoms. The van der Waals surface area contributed by atoms with E-state index in [4.69, 9.17) is 26.2 Å². The van der Waals surface area contributed by atoms with E-state index in [1.165, 1.54) is 21.0 Å². The fourth-order valence-corrected chi connectivity index (χ4v) is 1.16. The molecule has 2 atom stereocenters. The molecule has 0 aromatic rings. The summed E-state index contributed by atoms with van der Waals surface area (Å²) in [6.07, 6.45) is -3.04. The number of rotatable bonds is 5. The Morgan fingerprint density at radius 2 is 1.69 bits per heavy atom. The minimum atomic E-state index is -3.04. The first kappa shape index (κ1) is 15.2. The zero-order chi connectivity index (χ0) is 13.4. The second-order valence-corrected chi connectivity index (χ2v) is 4.50. The van der Waals surface area contributed by atoms with Crippen LogP contribution >= 0.6 is 0 Å². The molecule has 0 spiro atoms. The number of carboxylic acid groups (broad SMARTS) is 1. The molecule has 0 fully saturated rings. The Labute approximate surface area is 92.7 Å². The minimum Gasteiger partial charge on any atom is -0.478 e. The van der Waals surface area contributed by atoms with Crippen LogP contribution in [-0.2, 0) is 4.79 Å². The van der Waals surface area contributed by atoms with E-state index in [-0.39, 0.29) is 6.54 Å². The second-order valence-electron chi connectivity index (χ2n) is 4.50. The predicted molar refractivity (Wildman–Crippen MR) is 52.3 cm³/mol. The lowest BCUT2D eigenvalue weighted by Crippen LogP contribution is -2.65.